The van der Waals surface area contributed by atoms with Crippen molar-refractivity contribution in [3.8, 4) is 11.3 Å². The number of hydrogen-bond acceptors (Lipinski definition) is 0. The molecule has 1 nitrogen and oxygen atoms in total. The summed E-state index contributed by atoms with van der Waals surface area (Å²) in [5, 5.41) is 0. The molecule has 0 radical (unpaired) electrons. The third-order valence-electron chi connectivity index (χ3n) is 5.56. The van der Waals surface area contributed by atoms with Crippen molar-refractivity contribution in [2.75, 3.05) is 0 Å². The van der Waals surface area contributed by atoms with Gasteiger partial charge in [-0.2, -0.15) is 0 Å². The van der Waals surface area contributed by atoms with E-state index < -0.39 is 6.85 Å². The zero-order chi connectivity index (χ0) is 19.5. The molecule has 0 unspecified atom stereocenters. The van der Waals surface area contributed by atoms with E-state index in [0.29, 0.717) is 5.56 Å². The van der Waals surface area contributed by atoms with Crippen molar-refractivity contribution >= 4 is 0 Å². The molecular weight excluding hydrogens is 278 g/mol. The molecule has 1 aromatic heterocycles. The Balaban J connectivity index is 2.52. The van der Waals surface area contributed by atoms with Gasteiger partial charge in [-0.1, -0.05) is 33.8 Å². The van der Waals surface area contributed by atoms with Crippen LogP contribution in [-0.4, -0.2) is 0 Å². The lowest BCUT2D eigenvalue weighted by Crippen LogP contribution is -2.37. The van der Waals surface area contributed by atoms with E-state index in [1.54, 1.807) is 0 Å². The normalized spacial score (nSPS) is 21.0. The molecule has 0 atom stereocenters. The topological polar surface area (TPSA) is 3.88 Å². The number of aryl methyl sites for hydroxylation is 3. The zero-order valence-corrected chi connectivity index (χ0v) is 15.2. The third kappa shape index (κ3) is 2.51. The van der Waals surface area contributed by atoms with Gasteiger partial charge in [-0.05, 0) is 65.8 Å². The SMILES string of the molecule is [2H]C([2H])([2H])c1cc(C)c(-c2cccc[n+]2C)c2c1C(C)(C)CCC2(C)C. The number of benzene rings is 1. The Morgan fingerprint density at radius 1 is 1.00 bits per heavy atom. The van der Waals surface area contributed by atoms with Crippen LogP contribution in [0.5, 0.6) is 0 Å². The van der Waals surface area contributed by atoms with Crippen LogP contribution >= 0.6 is 0 Å². The quantitative estimate of drug-likeness (QED) is 0.642. The highest BCUT2D eigenvalue weighted by atomic mass is 14.9. The summed E-state index contributed by atoms with van der Waals surface area (Å²) >= 11 is 0. The number of fused-ring (bicyclic) bond motifs is 1. The molecule has 1 aromatic carbocycles. The highest BCUT2D eigenvalue weighted by molar-refractivity contribution is 5.72. The molecule has 0 aliphatic heterocycles. The maximum absolute atomic E-state index is 8.16. The van der Waals surface area contributed by atoms with E-state index in [2.05, 4.69) is 64.6 Å². The van der Waals surface area contributed by atoms with E-state index in [0.717, 1.165) is 29.7 Å². The minimum atomic E-state index is -2.10. The van der Waals surface area contributed by atoms with Crippen LogP contribution in [0.15, 0.2) is 30.5 Å². The molecule has 0 bridgehead atoms. The molecule has 122 valence electrons. The van der Waals surface area contributed by atoms with Crippen LogP contribution in [0, 0.1) is 13.8 Å². The Labute approximate surface area is 145 Å². The monoisotopic (exact) mass is 311 g/mol. The molecule has 0 spiro atoms. The van der Waals surface area contributed by atoms with Crippen molar-refractivity contribution in [1.82, 2.24) is 0 Å². The second kappa shape index (κ2) is 5.19. The molecule has 2 aromatic rings. The van der Waals surface area contributed by atoms with E-state index in [-0.39, 0.29) is 10.8 Å². The first-order chi connectivity index (χ1) is 11.9. The fraction of sp³-hybridized carbons (Fsp3) is 0.500. The number of aromatic nitrogens is 1. The van der Waals surface area contributed by atoms with Gasteiger partial charge in [-0.25, -0.2) is 4.57 Å². The Morgan fingerprint density at radius 2 is 1.65 bits per heavy atom. The lowest BCUT2D eigenvalue weighted by Gasteiger charge is -2.44. The van der Waals surface area contributed by atoms with Gasteiger partial charge in [0, 0.05) is 16.2 Å². The molecule has 23 heavy (non-hydrogen) atoms. The molecule has 0 amide bonds. The van der Waals surface area contributed by atoms with Gasteiger partial charge in [0.1, 0.15) is 7.05 Å². The predicted octanol–water partition coefficient (Wildman–Crippen LogP) is 5.14. The molecule has 0 N–H and O–H groups in total. The standard InChI is InChI=1S/C22H30N/c1-15-14-16(2)19-20(22(5,6)12-11-21(19,3)4)18(15)17-10-8-9-13-23(17)7/h8-10,13-14H,11-12H2,1-7H3/q+1/i2D3. The first-order valence-corrected chi connectivity index (χ1v) is 8.50. The summed E-state index contributed by atoms with van der Waals surface area (Å²) in [4.78, 5) is 0. The Hall–Kier alpha value is -1.63. The minimum absolute atomic E-state index is 0.0605. The number of nitrogens with zero attached hydrogens (tertiary/aromatic N) is 1. The van der Waals surface area contributed by atoms with Crippen molar-refractivity contribution in [2.24, 2.45) is 7.05 Å². The molecule has 0 saturated carbocycles. The van der Waals surface area contributed by atoms with Crippen molar-refractivity contribution in [1.29, 1.82) is 0 Å². The molecular formula is C22H30N+. The lowest BCUT2D eigenvalue weighted by atomic mass is 9.60. The van der Waals surface area contributed by atoms with Gasteiger partial charge >= 0.3 is 0 Å². The summed E-state index contributed by atoms with van der Waals surface area (Å²) in [7, 11) is 2.06. The summed E-state index contributed by atoms with van der Waals surface area (Å²) in [6.07, 6.45) is 4.11. The maximum Gasteiger partial charge on any atom is 0.212 e. The average Bonchev–Trinajstić information content (AvgIpc) is 2.51. The van der Waals surface area contributed by atoms with Crippen LogP contribution in [-0.2, 0) is 17.9 Å². The minimum Gasteiger partial charge on any atom is -0.201 e. The van der Waals surface area contributed by atoms with Gasteiger partial charge in [0.2, 0.25) is 5.69 Å². The number of rotatable bonds is 1. The van der Waals surface area contributed by atoms with Gasteiger partial charge in [-0.15, -0.1) is 0 Å². The van der Waals surface area contributed by atoms with Crippen LogP contribution in [0.2, 0.25) is 0 Å². The second-order valence-corrected chi connectivity index (χ2v) is 8.33. The van der Waals surface area contributed by atoms with Gasteiger partial charge in [0.05, 0.1) is 5.56 Å². The zero-order valence-electron chi connectivity index (χ0n) is 18.2. The smallest absolute Gasteiger partial charge is 0.201 e. The summed E-state index contributed by atoms with van der Waals surface area (Å²) < 4.78 is 26.6. The Morgan fingerprint density at radius 3 is 2.26 bits per heavy atom. The maximum atomic E-state index is 8.16. The van der Waals surface area contributed by atoms with Crippen LogP contribution < -0.4 is 4.57 Å². The summed E-state index contributed by atoms with van der Waals surface area (Å²) in [5.41, 5.74) is 5.98. The molecule has 1 heteroatoms. The first kappa shape index (κ1) is 12.8. The fourth-order valence-electron chi connectivity index (χ4n) is 4.19. The van der Waals surface area contributed by atoms with Crippen molar-refractivity contribution < 1.29 is 8.68 Å². The third-order valence-corrected chi connectivity index (χ3v) is 5.56. The van der Waals surface area contributed by atoms with Gasteiger partial charge < -0.3 is 0 Å². The number of pyridine rings is 1. The Kier molecular flexibility index (Phi) is 2.88. The van der Waals surface area contributed by atoms with Crippen molar-refractivity contribution in [2.45, 2.75) is 65.1 Å². The second-order valence-electron chi connectivity index (χ2n) is 8.33. The summed E-state index contributed by atoms with van der Waals surface area (Å²) in [6, 6.07) is 8.13. The predicted molar refractivity (Wildman–Crippen MR) is 97.8 cm³/mol. The first-order valence-electron chi connectivity index (χ1n) is 10.0. The van der Waals surface area contributed by atoms with Gasteiger partial charge in [0.15, 0.2) is 6.20 Å². The van der Waals surface area contributed by atoms with Crippen molar-refractivity contribution in [3.63, 3.8) is 0 Å². The molecule has 1 aliphatic rings. The largest absolute Gasteiger partial charge is 0.212 e. The fourth-order valence-corrected chi connectivity index (χ4v) is 4.19. The van der Waals surface area contributed by atoms with Gasteiger partial charge in [0.25, 0.3) is 0 Å². The highest BCUT2D eigenvalue weighted by Gasteiger charge is 2.41. The average molecular weight is 312 g/mol. The summed E-state index contributed by atoms with van der Waals surface area (Å²) in [6.45, 7) is 8.86. The Bertz CT molecular complexity index is 860. The number of hydrogen-bond donors (Lipinski definition) is 0. The lowest BCUT2D eigenvalue weighted by molar-refractivity contribution is -0.660. The molecule has 3 rings (SSSR count). The van der Waals surface area contributed by atoms with Crippen molar-refractivity contribution in [3.05, 3.63) is 52.7 Å². The molecule has 1 aliphatic carbocycles. The van der Waals surface area contributed by atoms with Crippen LogP contribution in [0.25, 0.3) is 11.3 Å². The highest BCUT2D eigenvalue weighted by Crippen LogP contribution is 2.51. The van der Waals surface area contributed by atoms with E-state index in [4.69, 9.17) is 4.11 Å². The van der Waals surface area contributed by atoms with E-state index in [1.165, 1.54) is 11.1 Å². The van der Waals surface area contributed by atoms with Crippen LogP contribution in [0.1, 0.15) is 66.9 Å². The van der Waals surface area contributed by atoms with E-state index in [1.807, 2.05) is 12.1 Å². The molecule has 0 fully saturated rings. The molecule has 1 heterocycles. The van der Waals surface area contributed by atoms with E-state index >= 15 is 0 Å². The van der Waals surface area contributed by atoms with Crippen LogP contribution in [0.3, 0.4) is 0 Å². The van der Waals surface area contributed by atoms with Gasteiger partial charge in [-0.3, -0.25) is 0 Å². The molecule has 0 saturated heterocycles. The van der Waals surface area contributed by atoms with E-state index in [9.17, 15) is 0 Å². The van der Waals surface area contributed by atoms with Crippen LogP contribution in [0.4, 0.5) is 0 Å². The summed E-state index contributed by atoms with van der Waals surface area (Å²) in [5.74, 6) is 0.